The molecule has 1 aromatic rings. The van der Waals surface area contributed by atoms with Gasteiger partial charge >= 0.3 is 0 Å². The predicted octanol–water partition coefficient (Wildman–Crippen LogP) is 2.73. The number of nitrogen functional groups attached to an aromatic ring is 1. The maximum absolute atomic E-state index is 14.0. The molecule has 0 unspecified atom stereocenters. The summed E-state index contributed by atoms with van der Waals surface area (Å²) in [6, 6.07) is 2.35. The number of hydrogen-bond donors (Lipinski definition) is 1. The molecule has 1 aromatic carbocycles. The molecule has 2 saturated carbocycles. The molecule has 2 fully saturated rings. The van der Waals surface area contributed by atoms with Gasteiger partial charge in [-0.3, -0.25) is 0 Å². The van der Waals surface area contributed by atoms with Crippen molar-refractivity contribution in [3.8, 4) is 0 Å². The van der Waals surface area contributed by atoms with Crippen LogP contribution in [-0.4, -0.2) is 25.3 Å². The number of rotatable bonds is 5. The number of nitrogens with two attached hydrogens (primary N) is 1. The molecule has 0 heterocycles. The predicted molar refractivity (Wildman–Crippen MR) is 78.2 cm³/mol. The molecule has 110 valence electrons. The van der Waals surface area contributed by atoms with Gasteiger partial charge in [0, 0.05) is 22.7 Å². The average Bonchev–Trinajstić information content (AvgIpc) is 3.24. The Morgan fingerprint density at radius 3 is 2.50 bits per heavy atom. The first-order valence-electron chi connectivity index (χ1n) is 6.66. The Kier molecular flexibility index (Phi) is 3.54. The zero-order valence-corrected chi connectivity index (χ0v) is 13.3. The SMILES string of the molecule is Nc1cc(S(=O)(=O)N(CC2CC2)C2CC2)c(F)cc1Br. The first kappa shape index (κ1) is 14.3. The summed E-state index contributed by atoms with van der Waals surface area (Å²) < 4.78 is 41.2. The van der Waals surface area contributed by atoms with Crippen LogP contribution in [0.2, 0.25) is 0 Å². The van der Waals surface area contributed by atoms with Crippen molar-refractivity contribution < 1.29 is 12.8 Å². The fourth-order valence-electron chi connectivity index (χ4n) is 2.23. The lowest BCUT2D eigenvalue weighted by Gasteiger charge is -2.22. The Labute approximate surface area is 126 Å². The van der Waals surface area contributed by atoms with Crippen LogP contribution in [0.1, 0.15) is 25.7 Å². The summed E-state index contributed by atoms with van der Waals surface area (Å²) in [6.07, 6.45) is 3.84. The van der Waals surface area contributed by atoms with Gasteiger partial charge < -0.3 is 5.73 Å². The van der Waals surface area contributed by atoms with Gasteiger partial charge in [-0.25, -0.2) is 12.8 Å². The molecule has 3 rings (SSSR count). The van der Waals surface area contributed by atoms with E-state index in [9.17, 15) is 12.8 Å². The molecule has 0 bridgehead atoms. The quantitative estimate of drug-likeness (QED) is 0.819. The van der Waals surface area contributed by atoms with Gasteiger partial charge in [0.1, 0.15) is 10.7 Å². The lowest BCUT2D eigenvalue weighted by Crippen LogP contribution is -2.35. The summed E-state index contributed by atoms with van der Waals surface area (Å²) in [7, 11) is -3.81. The molecule has 0 radical (unpaired) electrons. The summed E-state index contributed by atoms with van der Waals surface area (Å²) in [5, 5.41) is 0. The van der Waals surface area contributed by atoms with Crippen LogP contribution in [0.5, 0.6) is 0 Å². The summed E-state index contributed by atoms with van der Waals surface area (Å²) in [5.41, 5.74) is 5.92. The highest BCUT2D eigenvalue weighted by Crippen LogP contribution is 2.39. The monoisotopic (exact) mass is 362 g/mol. The van der Waals surface area contributed by atoms with E-state index in [0.29, 0.717) is 16.9 Å². The second-order valence-corrected chi connectivity index (χ2v) is 8.27. The molecule has 0 aliphatic heterocycles. The summed E-state index contributed by atoms with van der Waals surface area (Å²) in [4.78, 5) is -0.314. The summed E-state index contributed by atoms with van der Waals surface area (Å²) >= 11 is 3.10. The number of hydrogen-bond acceptors (Lipinski definition) is 3. The van der Waals surface area contributed by atoms with Crippen LogP contribution in [0, 0.1) is 11.7 Å². The maximum Gasteiger partial charge on any atom is 0.246 e. The summed E-state index contributed by atoms with van der Waals surface area (Å²) in [6.45, 7) is 0.502. The molecule has 0 aromatic heterocycles. The Hall–Kier alpha value is -0.660. The van der Waals surface area contributed by atoms with Crippen LogP contribution < -0.4 is 5.73 Å². The van der Waals surface area contributed by atoms with E-state index < -0.39 is 15.8 Å². The lowest BCUT2D eigenvalue weighted by atomic mass is 10.3. The largest absolute Gasteiger partial charge is 0.398 e. The smallest absolute Gasteiger partial charge is 0.246 e. The number of anilines is 1. The van der Waals surface area contributed by atoms with Crippen LogP contribution in [0.4, 0.5) is 10.1 Å². The first-order chi connectivity index (χ1) is 9.39. The second-order valence-electron chi connectivity index (χ2n) is 5.55. The zero-order chi connectivity index (χ0) is 14.5. The van der Waals surface area contributed by atoms with Crippen molar-refractivity contribution in [2.75, 3.05) is 12.3 Å². The fourth-order valence-corrected chi connectivity index (χ4v) is 4.39. The lowest BCUT2D eigenvalue weighted by molar-refractivity contribution is 0.386. The van der Waals surface area contributed by atoms with Crippen LogP contribution in [0.15, 0.2) is 21.5 Å². The van der Waals surface area contributed by atoms with Gasteiger partial charge in [0.05, 0.1) is 0 Å². The molecule has 20 heavy (non-hydrogen) atoms. The fraction of sp³-hybridized carbons (Fsp3) is 0.538. The van der Waals surface area contributed by atoms with Gasteiger partial charge in [0.2, 0.25) is 10.0 Å². The molecule has 7 heteroatoms. The minimum Gasteiger partial charge on any atom is -0.398 e. The molecule has 2 aliphatic rings. The molecular formula is C13H16BrFN2O2S. The molecule has 0 saturated heterocycles. The van der Waals surface area contributed by atoms with Gasteiger partial charge in [-0.1, -0.05) is 0 Å². The highest BCUT2D eigenvalue weighted by atomic mass is 79.9. The van der Waals surface area contributed by atoms with Crippen LogP contribution in [0.25, 0.3) is 0 Å². The second kappa shape index (κ2) is 4.96. The van der Waals surface area contributed by atoms with Crippen LogP contribution >= 0.6 is 15.9 Å². The average molecular weight is 363 g/mol. The van der Waals surface area contributed by atoms with Gasteiger partial charge in [-0.2, -0.15) is 4.31 Å². The van der Waals surface area contributed by atoms with Gasteiger partial charge in [0.25, 0.3) is 0 Å². The number of halogens is 2. The Morgan fingerprint density at radius 2 is 1.95 bits per heavy atom. The van der Waals surface area contributed by atoms with E-state index in [1.165, 1.54) is 10.4 Å². The standard InChI is InChI=1S/C13H16BrFN2O2S/c14-10-5-11(15)13(6-12(10)16)20(18,19)17(9-3-4-9)7-8-1-2-8/h5-6,8-9H,1-4,7,16H2. The minimum absolute atomic E-state index is 0.0323. The Bertz CT molecular complexity index is 642. The highest BCUT2D eigenvalue weighted by molar-refractivity contribution is 9.10. The van der Waals surface area contributed by atoms with Crippen molar-refractivity contribution in [1.82, 2.24) is 4.31 Å². The zero-order valence-electron chi connectivity index (χ0n) is 10.9. The molecule has 4 nitrogen and oxygen atoms in total. The maximum atomic E-state index is 14.0. The van der Waals surface area contributed by atoms with Crippen LogP contribution in [-0.2, 0) is 10.0 Å². The van der Waals surface area contributed by atoms with Crippen molar-refractivity contribution in [2.45, 2.75) is 36.6 Å². The number of benzene rings is 1. The molecular weight excluding hydrogens is 347 g/mol. The first-order valence-corrected chi connectivity index (χ1v) is 8.89. The summed E-state index contributed by atoms with van der Waals surface area (Å²) in [5.74, 6) is -0.325. The molecule has 2 N–H and O–H groups in total. The van der Waals surface area contributed by atoms with Crippen molar-refractivity contribution in [3.63, 3.8) is 0 Å². The number of sulfonamides is 1. The third-order valence-corrected chi connectivity index (χ3v) is 6.35. The van der Waals surface area contributed by atoms with Gasteiger partial charge in [-0.15, -0.1) is 0 Å². The molecule has 0 atom stereocenters. The van der Waals surface area contributed by atoms with Gasteiger partial charge in [-0.05, 0) is 59.7 Å². The van der Waals surface area contributed by atoms with E-state index in [-0.39, 0.29) is 16.6 Å². The van der Waals surface area contributed by atoms with E-state index >= 15 is 0 Å². The van der Waals surface area contributed by atoms with E-state index in [0.717, 1.165) is 31.7 Å². The molecule has 0 amide bonds. The number of nitrogens with zero attached hydrogens (tertiary/aromatic N) is 1. The molecule has 0 spiro atoms. The van der Waals surface area contributed by atoms with Crippen LogP contribution in [0.3, 0.4) is 0 Å². The highest BCUT2D eigenvalue weighted by Gasteiger charge is 2.42. The minimum atomic E-state index is -3.81. The van der Waals surface area contributed by atoms with Gasteiger partial charge in [0.15, 0.2) is 0 Å². The van der Waals surface area contributed by atoms with Crippen molar-refractivity contribution in [3.05, 3.63) is 22.4 Å². The molecule has 2 aliphatic carbocycles. The van der Waals surface area contributed by atoms with E-state index in [4.69, 9.17) is 5.73 Å². The normalized spacial score (nSPS) is 19.6. The van der Waals surface area contributed by atoms with E-state index in [2.05, 4.69) is 15.9 Å². The Balaban J connectivity index is 1.98. The topological polar surface area (TPSA) is 63.4 Å². The van der Waals surface area contributed by atoms with E-state index in [1.807, 2.05) is 0 Å². The van der Waals surface area contributed by atoms with Crippen molar-refractivity contribution in [2.24, 2.45) is 5.92 Å². The van der Waals surface area contributed by atoms with E-state index in [1.54, 1.807) is 0 Å². The Morgan fingerprint density at radius 1 is 1.30 bits per heavy atom. The van der Waals surface area contributed by atoms with Crippen molar-refractivity contribution in [1.29, 1.82) is 0 Å². The third-order valence-electron chi connectivity index (χ3n) is 3.73. The third kappa shape index (κ3) is 2.71. The van der Waals surface area contributed by atoms with Crippen molar-refractivity contribution >= 4 is 31.6 Å².